The van der Waals surface area contributed by atoms with Crippen molar-refractivity contribution in [3.05, 3.63) is 65.7 Å². The van der Waals surface area contributed by atoms with E-state index in [4.69, 9.17) is 34.9 Å². The summed E-state index contributed by atoms with van der Waals surface area (Å²) in [7, 11) is 1.62. The molecule has 2 aromatic carbocycles. The number of hydrogen-bond donors (Lipinski definition) is 2. The largest absolute Gasteiger partial charge is 0.484 e. The SMILES string of the molecule is CO[C@@H](C)COc1nc(N2CC3CC2CN3)c2cnc(-c3ccc(F)c4sc(N)c(C#N)c34)c(OCc3ccc(-c4cn(C(C(=O)N5CCCC5C)C(C)C)nn4)cc3)c2n1. The number of piperazine rings is 1. The number of hydrogen-bond acceptors (Lipinski definition) is 14. The highest BCUT2D eigenvalue weighted by Gasteiger charge is 2.40. The maximum Gasteiger partial charge on any atom is 0.319 e. The zero-order chi connectivity index (χ0) is 42.5. The van der Waals surface area contributed by atoms with Crippen LogP contribution in [0.25, 0.3) is 43.5 Å². The number of pyridine rings is 1. The molecule has 3 fully saturated rings. The number of carbonyl (C=O) groups is 1. The molecule has 0 aliphatic carbocycles. The third-order valence-electron chi connectivity index (χ3n) is 12.2. The van der Waals surface area contributed by atoms with E-state index in [1.54, 1.807) is 24.1 Å². The molecule has 0 spiro atoms. The van der Waals surface area contributed by atoms with Crippen LogP contribution in [0.3, 0.4) is 0 Å². The number of anilines is 2. The van der Waals surface area contributed by atoms with Crippen LogP contribution >= 0.6 is 11.3 Å². The average molecular weight is 846 g/mol. The number of nitrogens with one attached hydrogen (secondary N) is 1. The number of benzene rings is 2. The summed E-state index contributed by atoms with van der Waals surface area (Å²) in [5, 5.41) is 23.9. The second kappa shape index (κ2) is 16.5. The Morgan fingerprint density at radius 2 is 1.97 bits per heavy atom. The van der Waals surface area contributed by atoms with Crippen molar-refractivity contribution in [2.75, 3.05) is 44.0 Å². The van der Waals surface area contributed by atoms with Crippen molar-refractivity contribution in [1.29, 1.82) is 5.26 Å². The lowest BCUT2D eigenvalue weighted by atomic mass is 10.0. The number of halogens is 1. The van der Waals surface area contributed by atoms with Crippen LogP contribution in [0.15, 0.2) is 48.8 Å². The van der Waals surface area contributed by atoms with Crippen molar-refractivity contribution in [3.63, 3.8) is 0 Å². The summed E-state index contributed by atoms with van der Waals surface area (Å²) < 4.78 is 35.7. The van der Waals surface area contributed by atoms with E-state index < -0.39 is 11.9 Å². The van der Waals surface area contributed by atoms with Crippen molar-refractivity contribution >= 4 is 49.1 Å². The molecule has 3 saturated heterocycles. The van der Waals surface area contributed by atoms with Gasteiger partial charge in [-0.15, -0.1) is 16.4 Å². The lowest BCUT2D eigenvalue weighted by Crippen LogP contribution is -2.44. The summed E-state index contributed by atoms with van der Waals surface area (Å²) in [6.07, 6.45) is 6.34. The van der Waals surface area contributed by atoms with Crippen LogP contribution in [0.1, 0.15) is 64.1 Å². The fourth-order valence-corrected chi connectivity index (χ4v) is 9.78. The molecule has 316 valence electrons. The number of carbonyl (C=O) groups excluding carboxylic acids is 1. The number of nitrogen functional groups attached to an aromatic ring is 1. The van der Waals surface area contributed by atoms with Crippen LogP contribution in [0, 0.1) is 23.1 Å². The quantitative estimate of drug-likeness (QED) is 0.129. The summed E-state index contributed by atoms with van der Waals surface area (Å²) in [5.74, 6) is 0.608. The predicted octanol–water partition coefficient (Wildman–Crippen LogP) is 6.51. The average Bonchev–Trinajstić information content (AvgIpc) is 4.12. The molecule has 4 unspecified atom stereocenters. The Kier molecular flexibility index (Phi) is 10.9. The van der Waals surface area contributed by atoms with Crippen LogP contribution in [0.4, 0.5) is 15.2 Å². The van der Waals surface area contributed by atoms with Gasteiger partial charge >= 0.3 is 6.01 Å². The number of aromatic nitrogens is 6. The van der Waals surface area contributed by atoms with Crippen molar-refractivity contribution in [2.24, 2.45) is 5.92 Å². The van der Waals surface area contributed by atoms with Crippen LogP contribution in [0.2, 0.25) is 0 Å². The molecule has 7 heterocycles. The standard InChI is InChI=1S/C44H48FN11O4S/c1-23(2)38(43(57)54-14-6-7-24(54)3)56-20-34(52-53-56)27-10-8-26(9-11-27)22-59-39-36(30-12-13-33(45)40-35(30)31(16-46)41(47)61-40)49-18-32-37(39)50-44(60-21-25(4)58-5)51-42(32)55-19-28-15-29(55)17-48-28/h8-13,18,20,23-25,28-29,38,48H,6-7,14-15,17,19,21-22,47H2,1-5H3/t24?,25-,28?,29?,38?/m0/s1. The molecule has 5 atom stereocenters. The van der Waals surface area contributed by atoms with E-state index in [-0.39, 0.29) is 64.5 Å². The lowest BCUT2D eigenvalue weighted by molar-refractivity contribution is -0.137. The summed E-state index contributed by atoms with van der Waals surface area (Å²) >= 11 is 1.02. The predicted molar refractivity (Wildman–Crippen MR) is 231 cm³/mol. The van der Waals surface area contributed by atoms with Gasteiger partial charge in [0.15, 0.2) is 5.75 Å². The molecule has 3 aliphatic rings. The fraction of sp³-hybridized carbons (Fsp3) is 0.432. The van der Waals surface area contributed by atoms with Gasteiger partial charge in [-0.2, -0.15) is 15.2 Å². The number of nitriles is 1. The molecular weight excluding hydrogens is 798 g/mol. The Morgan fingerprint density at radius 3 is 2.66 bits per heavy atom. The molecule has 15 nitrogen and oxygen atoms in total. The number of nitrogens with zero attached hydrogens (tertiary/aromatic N) is 9. The first-order valence-electron chi connectivity index (χ1n) is 20.7. The van der Waals surface area contributed by atoms with E-state index in [1.165, 1.54) is 6.07 Å². The molecule has 4 aromatic heterocycles. The van der Waals surface area contributed by atoms with Crippen molar-refractivity contribution < 1.29 is 23.4 Å². The van der Waals surface area contributed by atoms with E-state index >= 15 is 4.39 Å². The molecule has 9 rings (SSSR count). The van der Waals surface area contributed by atoms with Crippen molar-refractivity contribution in [1.82, 2.24) is 40.2 Å². The highest BCUT2D eigenvalue weighted by Crippen LogP contribution is 2.46. The molecule has 61 heavy (non-hydrogen) atoms. The molecule has 17 heteroatoms. The first-order valence-corrected chi connectivity index (χ1v) is 21.6. The number of rotatable bonds is 13. The van der Waals surface area contributed by atoms with Crippen LogP contribution < -0.4 is 25.4 Å². The summed E-state index contributed by atoms with van der Waals surface area (Å²) in [6, 6.07) is 13.4. The molecule has 1 amide bonds. The number of methoxy groups -OCH3 is 1. The maximum absolute atomic E-state index is 15.3. The van der Waals surface area contributed by atoms with E-state index in [9.17, 15) is 10.1 Å². The minimum Gasteiger partial charge on any atom is -0.484 e. The maximum atomic E-state index is 15.3. The number of amides is 1. The topological polar surface area (TPSA) is 182 Å². The smallest absolute Gasteiger partial charge is 0.319 e. The molecule has 0 radical (unpaired) electrons. The van der Waals surface area contributed by atoms with E-state index in [0.29, 0.717) is 50.8 Å². The lowest BCUT2D eigenvalue weighted by Gasteiger charge is -2.29. The third kappa shape index (κ3) is 7.46. The number of fused-ring (bicyclic) bond motifs is 4. The Hall–Kier alpha value is -5.96. The van der Waals surface area contributed by atoms with Gasteiger partial charge in [-0.05, 0) is 56.7 Å². The van der Waals surface area contributed by atoms with Gasteiger partial charge in [-0.3, -0.25) is 9.78 Å². The van der Waals surface area contributed by atoms with Crippen LogP contribution in [-0.2, 0) is 16.1 Å². The molecular formula is C44H48FN11O4S. The van der Waals surface area contributed by atoms with Gasteiger partial charge in [-0.25, -0.2) is 9.07 Å². The third-order valence-corrected chi connectivity index (χ3v) is 13.2. The van der Waals surface area contributed by atoms with E-state index in [0.717, 1.165) is 61.4 Å². The molecule has 0 saturated carbocycles. The minimum absolute atomic E-state index is 0.0257. The summed E-state index contributed by atoms with van der Waals surface area (Å²) in [4.78, 5) is 32.7. The van der Waals surface area contributed by atoms with Gasteiger partial charge in [0.2, 0.25) is 5.91 Å². The van der Waals surface area contributed by atoms with Crippen LogP contribution in [-0.4, -0.2) is 98.3 Å². The first kappa shape index (κ1) is 40.4. The Labute approximate surface area is 356 Å². The Bertz CT molecular complexity index is 2660. The van der Waals surface area contributed by atoms with E-state index in [2.05, 4.69) is 33.5 Å². The summed E-state index contributed by atoms with van der Waals surface area (Å²) in [5.41, 5.74) is 10.1. The molecule has 3 N–H and O–H groups in total. The van der Waals surface area contributed by atoms with Gasteiger partial charge in [0.25, 0.3) is 0 Å². The van der Waals surface area contributed by atoms with Crippen molar-refractivity contribution in [3.8, 4) is 40.3 Å². The highest BCUT2D eigenvalue weighted by molar-refractivity contribution is 7.23. The zero-order valence-corrected chi connectivity index (χ0v) is 35.6. The minimum atomic E-state index is -0.488. The molecule has 2 bridgehead atoms. The normalized spacial score (nSPS) is 19.6. The molecule has 6 aromatic rings. The zero-order valence-electron chi connectivity index (χ0n) is 34.8. The summed E-state index contributed by atoms with van der Waals surface area (Å²) in [6.45, 7) is 10.7. The Balaban J connectivity index is 1.09. The van der Waals surface area contributed by atoms with Gasteiger partial charge < -0.3 is 35.1 Å². The number of thiophene rings is 1. The molecule has 3 aliphatic heterocycles. The van der Waals surface area contributed by atoms with Gasteiger partial charge in [-0.1, -0.05) is 43.3 Å². The van der Waals surface area contributed by atoms with Gasteiger partial charge in [0.05, 0.1) is 28.0 Å². The number of nitrogens with two attached hydrogens (primary N) is 1. The second-order valence-corrected chi connectivity index (χ2v) is 17.6. The number of likely N-dealkylation sites (tertiary alicyclic amines) is 1. The van der Waals surface area contributed by atoms with Crippen molar-refractivity contribution in [2.45, 2.75) is 83.8 Å². The second-order valence-electron chi connectivity index (χ2n) is 16.6. The van der Waals surface area contributed by atoms with Gasteiger partial charge in [0.1, 0.15) is 58.9 Å². The number of ether oxygens (including phenoxy) is 3. The highest BCUT2D eigenvalue weighted by atomic mass is 32.1. The van der Waals surface area contributed by atoms with Gasteiger partial charge in [0, 0.05) is 67.6 Å². The van der Waals surface area contributed by atoms with Crippen LogP contribution in [0.5, 0.6) is 11.8 Å². The fourth-order valence-electron chi connectivity index (χ4n) is 8.83. The van der Waals surface area contributed by atoms with E-state index in [1.807, 2.05) is 56.1 Å². The Morgan fingerprint density at radius 1 is 1.15 bits per heavy atom. The first-order chi connectivity index (χ1) is 29.5. The monoisotopic (exact) mass is 845 g/mol.